The maximum atomic E-state index is 12.9. The number of nitrogens with zero attached hydrogens (tertiary/aromatic N) is 2. The molecule has 0 unspecified atom stereocenters. The first-order valence-electron chi connectivity index (χ1n) is 9.47. The third-order valence-electron chi connectivity index (χ3n) is 4.87. The van der Waals surface area contributed by atoms with Crippen LogP contribution in [0.15, 0.2) is 18.2 Å². The number of aromatic nitrogens is 2. The standard InChI is InChI=1S/C20H25ClN4O2/c1-3-4-11-22-20(27)18-24-17(16-10-5-6-12-25(16)18)19(26)23-15-9-7-8-14(21)13(15)2/h7-9H,3-6,10-12H2,1-2H3,(H,22,27)(H,23,26). The topological polar surface area (TPSA) is 76.0 Å². The lowest BCUT2D eigenvalue weighted by Gasteiger charge is -2.17. The molecule has 0 bridgehead atoms. The van der Waals surface area contributed by atoms with Gasteiger partial charge in [0.25, 0.3) is 11.8 Å². The van der Waals surface area contributed by atoms with Crippen molar-refractivity contribution in [2.45, 2.75) is 52.5 Å². The van der Waals surface area contributed by atoms with Crippen molar-refractivity contribution in [1.82, 2.24) is 14.9 Å². The number of fused-ring (bicyclic) bond motifs is 1. The lowest BCUT2D eigenvalue weighted by molar-refractivity contribution is 0.0937. The summed E-state index contributed by atoms with van der Waals surface area (Å²) in [4.78, 5) is 29.8. The number of carbonyl (C=O) groups excluding carboxylic acids is 2. The van der Waals surface area contributed by atoms with Gasteiger partial charge in [0, 0.05) is 23.8 Å². The number of nitrogens with one attached hydrogen (secondary N) is 2. The Morgan fingerprint density at radius 3 is 2.85 bits per heavy atom. The molecule has 2 aromatic rings. The molecule has 144 valence electrons. The number of hydrogen-bond donors (Lipinski definition) is 2. The monoisotopic (exact) mass is 388 g/mol. The molecule has 6 nitrogen and oxygen atoms in total. The minimum atomic E-state index is -0.307. The van der Waals surface area contributed by atoms with Gasteiger partial charge in [0.15, 0.2) is 11.5 Å². The summed E-state index contributed by atoms with van der Waals surface area (Å²) in [7, 11) is 0. The fourth-order valence-corrected chi connectivity index (χ4v) is 3.45. The molecule has 0 saturated carbocycles. The highest BCUT2D eigenvalue weighted by Crippen LogP contribution is 2.25. The van der Waals surface area contributed by atoms with E-state index in [0.717, 1.165) is 43.4 Å². The molecule has 2 heterocycles. The Kier molecular flexibility index (Phi) is 6.16. The quantitative estimate of drug-likeness (QED) is 0.735. The van der Waals surface area contributed by atoms with Crippen LogP contribution >= 0.6 is 11.6 Å². The average Bonchev–Trinajstić information content (AvgIpc) is 3.05. The molecule has 0 aliphatic carbocycles. The maximum Gasteiger partial charge on any atom is 0.287 e. The summed E-state index contributed by atoms with van der Waals surface area (Å²) < 4.78 is 1.89. The van der Waals surface area contributed by atoms with Crippen LogP contribution in [-0.4, -0.2) is 27.9 Å². The number of unbranched alkanes of at least 4 members (excludes halogenated alkanes) is 1. The van der Waals surface area contributed by atoms with E-state index in [2.05, 4.69) is 22.5 Å². The Morgan fingerprint density at radius 1 is 1.26 bits per heavy atom. The number of rotatable bonds is 6. The molecular weight excluding hydrogens is 364 g/mol. The van der Waals surface area contributed by atoms with Crippen molar-refractivity contribution < 1.29 is 9.59 Å². The number of carbonyl (C=O) groups is 2. The molecule has 0 fully saturated rings. The van der Waals surface area contributed by atoms with Gasteiger partial charge in [-0.05, 0) is 50.3 Å². The molecule has 0 atom stereocenters. The second kappa shape index (κ2) is 8.57. The SMILES string of the molecule is CCCCNC(=O)c1nc(C(=O)Nc2cccc(Cl)c2C)c2n1CCCC2. The Morgan fingerprint density at radius 2 is 2.07 bits per heavy atom. The fourth-order valence-electron chi connectivity index (χ4n) is 3.28. The van der Waals surface area contributed by atoms with Gasteiger partial charge in [0.05, 0.1) is 5.69 Å². The molecular formula is C20H25ClN4O2. The van der Waals surface area contributed by atoms with Crippen LogP contribution in [0.3, 0.4) is 0 Å². The molecule has 1 aromatic carbocycles. The van der Waals surface area contributed by atoms with E-state index in [1.165, 1.54) is 0 Å². The average molecular weight is 389 g/mol. The van der Waals surface area contributed by atoms with E-state index in [1.54, 1.807) is 18.2 Å². The summed E-state index contributed by atoms with van der Waals surface area (Å²) in [5, 5.41) is 6.38. The molecule has 1 aliphatic rings. The molecule has 1 aromatic heterocycles. The van der Waals surface area contributed by atoms with Gasteiger partial charge in [-0.3, -0.25) is 9.59 Å². The number of halogens is 1. The van der Waals surface area contributed by atoms with Crippen LogP contribution in [-0.2, 0) is 13.0 Å². The zero-order valence-electron chi connectivity index (χ0n) is 15.8. The highest BCUT2D eigenvalue weighted by Gasteiger charge is 2.27. The Balaban J connectivity index is 1.87. The van der Waals surface area contributed by atoms with Crippen LogP contribution in [0.5, 0.6) is 0 Å². The van der Waals surface area contributed by atoms with Crippen LogP contribution < -0.4 is 10.6 Å². The zero-order valence-corrected chi connectivity index (χ0v) is 16.5. The molecule has 0 saturated heterocycles. The first-order valence-corrected chi connectivity index (χ1v) is 9.84. The van der Waals surface area contributed by atoms with Gasteiger partial charge in [-0.25, -0.2) is 4.98 Å². The van der Waals surface area contributed by atoms with E-state index in [-0.39, 0.29) is 11.8 Å². The predicted octanol–water partition coefficient (Wildman–Crippen LogP) is 3.96. The smallest absolute Gasteiger partial charge is 0.287 e. The molecule has 0 radical (unpaired) electrons. The molecule has 3 rings (SSSR count). The van der Waals surface area contributed by atoms with Crippen LogP contribution in [0.1, 0.15) is 65.0 Å². The van der Waals surface area contributed by atoms with Gasteiger partial charge in [-0.15, -0.1) is 0 Å². The van der Waals surface area contributed by atoms with E-state index in [9.17, 15) is 9.59 Å². The van der Waals surface area contributed by atoms with Crippen molar-refractivity contribution in [3.05, 3.63) is 46.0 Å². The van der Waals surface area contributed by atoms with Crippen molar-refractivity contribution >= 4 is 29.1 Å². The summed E-state index contributed by atoms with van der Waals surface area (Å²) in [6.07, 6.45) is 4.63. The van der Waals surface area contributed by atoms with E-state index < -0.39 is 0 Å². The number of benzene rings is 1. The first-order chi connectivity index (χ1) is 13.0. The van der Waals surface area contributed by atoms with Gasteiger partial charge < -0.3 is 15.2 Å². The van der Waals surface area contributed by atoms with Crippen LogP contribution in [0.2, 0.25) is 5.02 Å². The zero-order chi connectivity index (χ0) is 19.4. The predicted molar refractivity (Wildman–Crippen MR) is 107 cm³/mol. The minimum Gasteiger partial charge on any atom is -0.349 e. The minimum absolute atomic E-state index is 0.218. The van der Waals surface area contributed by atoms with Gasteiger partial charge in [0.2, 0.25) is 0 Å². The first kappa shape index (κ1) is 19.4. The number of amides is 2. The van der Waals surface area contributed by atoms with Crippen LogP contribution in [0.4, 0.5) is 5.69 Å². The van der Waals surface area contributed by atoms with Crippen molar-refractivity contribution in [2.75, 3.05) is 11.9 Å². The summed E-state index contributed by atoms with van der Waals surface area (Å²) in [6.45, 7) is 5.25. The molecule has 0 spiro atoms. The third-order valence-corrected chi connectivity index (χ3v) is 5.28. The van der Waals surface area contributed by atoms with E-state index in [0.29, 0.717) is 35.3 Å². The number of imidazole rings is 1. The highest BCUT2D eigenvalue weighted by atomic mass is 35.5. The maximum absolute atomic E-state index is 12.9. The molecule has 7 heteroatoms. The third kappa shape index (κ3) is 4.16. The van der Waals surface area contributed by atoms with Crippen molar-refractivity contribution in [3.8, 4) is 0 Å². The van der Waals surface area contributed by atoms with Crippen LogP contribution in [0, 0.1) is 6.92 Å². The molecule has 1 aliphatic heterocycles. The lowest BCUT2D eigenvalue weighted by atomic mass is 10.1. The highest BCUT2D eigenvalue weighted by molar-refractivity contribution is 6.31. The molecule has 2 amide bonds. The lowest BCUT2D eigenvalue weighted by Crippen LogP contribution is -2.28. The Hall–Kier alpha value is -2.34. The second-order valence-electron chi connectivity index (χ2n) is 6.82. The van der Waals surface area contributed by atoms with Gasteiger partial charge in [0.1, 0.15) is 0 Å². The summed E-state index contributed by atoms with van der Waals surface area (Å²) >= 11 is 6.14. The molecule has 2 N–H and O–H groups in total. The summed E-state index contributed by atoms with van der Waals surface area (Å²) in [6, 6.07) is 5.38. The van der Waals surface area contributed by atoms with E-state index in [1.807, 2.05) is 11.5 Å². The summed E-state index contributed by atoms with van der Waals surface area (Å²) in [5.41, 5.74) is 2.62. The Labute approximate surface area is 164 Å². The van der Waals surface area contributed by atoms with Crippen molar-refractivity contribution in [2.24, 2.45) is 0 Å². The number of anilines is 1. The van der Waals surface area contributed by atoms with Crippen LogP contribution in [0.25, 0.3) is 0 Å². The van der Waals surface area contributed by atoms with Gasteiger partial charge >= 0.3 is 0 Å². The largest absolute Gasteiger partial charge is 0.349 e. The summed E-state index contributed by atoms with van der Waals surface area (Å²) in [5.74, 6) is -0.197. The van der Waals surface area contributed by atoms with Gasteiger partial charge in [-0.2, -0.15) is 0 Å². The van der Waals surface area contributed by atoms with Crippen molar-refractivity contribution in [1.29, 1.82) is 0 Å². The van der Waals surface area contributed by atoms with E-state index >= 15 is 0 Å². The number of hydrogen-bond acceptors (Lipinski definition) is 3. The van der Waals surface area contributed by atoms with Crippen molar-refractivity contribution in [3.63, 3.8) is 0 Å². The van der Waals surface area contributed by atoms with E-state index in [4.69, 9.17) is 11.6 Å². The molecule has 27 heavy (non-hydrogen) atoms. The fraction of sp³-hybridized carbons (Fsp3) is 0.450. The van der Waals surface area contributed by atoms with Gasteiger partial charge in [-0.1, -0.05) is 31.0 Å². The normalized spacial score (nSPS) is 13.1. The second-order valence-corrected chi connectivity index (χ2v) is 7.22. The Bertz CT molecular complexity index is 860.